The summed E-state index contributed by atoms with van der Waals surface area (Å²) in [5.74, 6) is 1.50. The third-order valence-electron chi connectivity index (χ3n) is 2.47. The third kappa shape index (κ3) is 4.12. The van der Waals surface area contributed by atoms with Crippen LogP contribution in [0.25, 0.3) is 0 Å². The van der Waals surface area contributed by atoms with Crippen LogP contribution in [0, 0.1) is 0 Å². The highest BCUT2D eigenvalue weighted by atomic mass is 127. The molecule has 3 nitrogen and oxygen atoms in total. The molecule has 1 rings (SSSR count). The van der Waals surface area contributed by atoms with Crippen molar-refractivity contribution in [2.24, 2.45) is 0 Å². The van der Waals surface area contributed by atoms with E-state index in [0.717, 1.165) is 25.1 Å². The van der Waals surface area contributed by atoms with Crippen LogP contribution in [0.5, 0.6) is 0 Å². The topological polar surface area (TPSA) is 45.4 Å². The summed E-state index contributed by atoms with van der Waals surface area (Å²) in [6.45, 7) is 5.07. The van der Waals surface area contributed by atoms with Gasteiger partial charge in [0, 0.05) is 6.04 Å². The summed E-state index contributed by atoms with van der Waals surface area (Å²) in [5.41, 5.74) is 0. The molecule has 0 spiro atoms. The first-order valence-electron chi connectivity index (χ1n) is 5.31. The van der Waals surface area contributed by atoms with Crippen molar-refractivity contribution < 1.29 is 9.52 Å². The van der Waals surface area contributed by atoms with Crippen LogP contribution < -0.4 is 5.32 Å². The van der Waals surface area contributed by atoms with Crippen LogP contribution in [-0.2, 0) is 6.54 Å². The van der Waals surface area contributed by atoms with Gasteiger partial charge >= 0.3 is 0 Å². The van der Waals surface area contributed by atoms with Gasteiger partial charge in [-0.05, 0) is 47.6 Å². The molecule has 0 amide bonds. The molecule has 2 N–H and O–H groups in total. The van der Waals surface area contributed by atoms with Crippen molar-refractivity contribution in [3.05, 3.63) is 23.7 Å². The van der Waals surface area contributed by atoms with E-state index in [-0.39, 0.29) is 0 Å². The second-order valence-electron chi connectivity index (χ2n) is 3.53. The van der Waals surface area contributed by atoms with E-state index in [0.29, 0.717) is 11.8 Å². The fraction of sp³-hybridized carbons (Fsp3) is 0.636. The molecule has 1 heterocycles. The van der Waals surface area contributed by atoms with Gasteiger partial charge < -0.3 is 14.8 Å². The van der Waals surface area contributed by atoms with Gasteiger partial charge in [-0.25, -0.2) is 0 Å². The zero-order valence-corrected chi connectivity index (χ0v) is 11.3. The average Bonchev–Trinajstić information content (AvgIpc) is 2.68. The Morgan fingerprint density at radius 2 is 2.07 bits per heavy atom. The van der Waals surface area contributed by atoms with Gasteiger partial charge in [0.15, 0.2) is 4.11 Å². The molecule has 0 bridgehead atoms. The minimum Gasteiger partial charge on any atom is -0.461 e. The zero-order valence-electron chi connectivity index (χ0n) is 9.16. The number of aliphatic hydroxyl groups is 1. The molecule has 4 heteroatoms. The molecule has 0 aromatic carbocycles. The zero-order chi connectivity index (χ0) is 11.3. The first kappa shape index (κ1) is 13.0. The van der Waals surface area contributed by atoms with Gasteiger partial charge in [0.1, 0.15) is 11.5 Å². The SMILES string of the molecule is CCC(CC)NCc1ccc(C(O)I)o1. The molecule has 0 aliphatic rings. The van der Waals surface area contributed by atoms with Crippen molar-refractivity contribution in [2.45, 2.75) is 43.4 Å². The highest BCUT2D eigenvalue weighted by Crippen LogP contribution is 2.21. The number of alkyl halides is 1. The molecule has 1 aromatic heterocycles. The number of nitrogens with one attached hydrogen (secondary N) is 1. The van der Waals surface area contributed by atoms with Crippen molar-refractivity contribution in [1.29, 1.82) is 0 Å². The molecule has 15 heavy (non-hydrogen) atoms. The van der Waals surface area contributed by atoms with Crippen molar-refractivity contribution in [3.8, 4) is 0 Å². The van der Waals surface area contributed by atoms with Gasteiger partial charge in [-0.15, -0.1) is 0 Å². The monoisotopic (exact) mass is 323 g/mol. The lowest BCUT2D eigenvalue weighted by atomic mass is 10.2. The maximum absolute atomic E-state index is 9.28. The first-order chi connectivity index (χ1) is 7.17. The summed E-state index contributed by atoms with van der Waals surface area (Å²) in [6.07, 6.45) is 2.25. The summed E-state index contributed by atoms with van der Waals surface area (Å²) in [4.78, 5) is 0. The third-order valence-corrected chi connectivity index (χ3v) is 3.08. The van der Waals surface area contributed by atoms with Crippen LogP contribution in [0.4, 0.5) is 0 Å². The highest BCUT2D eigenvalue weighted by Gasteiger charge is 2.09. The van der Waals surface area contributed by atoms with E-state index in [1.54, 1.807) is 0 Å². The Kier molecular flexibility index (Phi) is 5.63. The summed E-state index contributed by atoms with van der Waals surface area (Å²) < 4.78 is 4.91. The van der Waals surface area contributed by atoms with Crippen LogP contribution in [0.1, 0.15) is 42.3 Å². The molecule has 1 unspecified atom stereocenters. The largest absolute Gasteiger partial charge is 0.461 e. The summed E-state index contributed by atoms with van der Waals surface area (Å²) in [5, 5.41) is 12.7. The van der Waals surface area contributed by atoms with Gasteiger partial charge in [-0.2, -0.15) is 0 Å². The standard InChI is InChI=1S/C11H18INO2/c1-3-8(4-2)13-7-9-5-6-10(15-9)11(12)14/h5-6,8,11,13-14H,3-4,7H2,1-2H3. The van der Waals surface area contributed by atoms with E-state index in [9.17, 15) is 5.11 Å². The number of halogens is 1. The molecule has 0 aliphatic heterocycles. The fourth-order valence-electron chi connectivity index (χ4n) is 1.44. The van der Waals surface area contributed by atoms with E-state index in [4.69, 9.17) is 4.42 Å². The Morgan fingerprint density at radius 1 is 1.40 bits per heavy atom. The number of furan rings is 1. The lowest BCUT2D eigenvalue weighted by Crippen LogP contribution is -2.26. The summed E-state index contributed by atoms with van der Waals surface area (Å²) >= 11 is 1.92. The van der Waals surface area contributed by atoms with Crippen LogP contribution in [0.2, 0.25) is 0 Å². The second-order valence-corrected chi connectivity index (χ2v) is 4.71. The maximum Gasteiger partial charge on any atom is 0.162 e. The van der Waals surface area contributed by atoms with E-state index >= 15 is 0 Å². The molecule has 1 atom stereocenters. The predicted octanol–water partition coefficient (Wildman–Crippen LogP) is 2.98. The van der Waals surface area contributed by atoms with E-state index in [1.807, 2.05) is 34.7 Å². The van der Waals surface area contributed by atoms with Crippen LogP contribution >= 0.6 is 22.6 Å². The number of hydrogen-bond donors (Lipinski definition) is 2. The Labute approximate surface area is 104 Å². The molecule has 0 radical (unpaired) electrons. The van der Waals surface area contributed by atoms with Gasteiger partial charge in [-0.1, -0.05) is 13.8 Å². The van der Waals surface area contributed by atoms with Crippen LogP contribution in [0.15, 0.2) is 16.5 Å². The molecular weight excluding hydrogens is 305 g/mol. The molecule has 86 valence electrons. The van der Waals surface area contributed by atoms with Crippen molar-refractivity contribution in [2.75, 3.05) is 0 Å². The lowest BCUT2D eigenvalue weighted by molar-refractivity contribution is 0.246. The number of rotatable bonds is 6. The smallest absolute Gasteiger partial charge is 0.162 e. The van der Waals surface area contributed by atoms with Crippen molar-refractivity contribution in [3.63, 3.8) is 0 Å². The molecule has 0 saturated heterocycles. The Hall–Kier alpha value is -0.0700. The molecule has 0 aliphatic carbocycles. The van der Waals surface area contributed by atoms with Gasteiger partial charge in [-0.3, -0.25) is 0 Å². The van der Waals surface area contributed by atoms with E-state index in [2.05, 4.69) is 19.2 Å². The molecule has 1 aromatic rings. The van der Waals surface area contributed by atoms with Gasteiger partial charge in [0.05, 0.1) is 6.54 Å². The van der Waals surface area contributed by atoms with Crippen LogP contribution in [-0.4, -0.2) is 11.1 Å². The minimum absolute atomic E-state index is 0.545. The van der Waals surface area contributed by atoms with E-state index in [1.165, 1.54) is 0 Å². The lowest BCUT2D eigenvalue weighted by Gasteiger charge is -2.13. The van der Waals surface area contributed by atoms with Crippen molar-refractivity contribution in [1.82, 2.24) is 5.32 Å². The first-order valence-corrected chi connectivity index (χ1v) is 6.56. The van der Waals surface area contributed by atoms with Crippen molar-refractivity contribution >= 4 is 22.6 Å². The number of hydrogen-bond acceptors (Lipinski definition) is 3. The Morgan fingerprint density at radius 3 is 2.53 bits per heavy atom. The number of aliphatic hydroxyl groups excluding tert-OH is 1. The molecular formula is C11H18INO2. The Balaban J connectivity index is 2.43. The van der Waals surface area contributed by atoms with E-state index < -0.39 is 4.11 Å². The van der Waals surface area contributed by atoms with Gasteiger partial charge in [0.25, 0.3) is 0 Å². The summed E-state index contributed by atoms with van der Waals surface area (Å²) in [6, 6.07) is 4.27. The average molecular weight is 323 g/mol. The Bertz CT molecular complexity index is 282. The normalized spacial score (nSPS) is 13.4. The van der Waals surface area contributed by atoms with Crippen LogP contribution in [0.3, 0.4) is 0 Å². The summed E-state index contributed by atoms with van der Waals surface area (Å²) in [7, 11) is 0. The predicted molar refractivity (Wildman–Crippen MR) is 68.9 cm³/mol. The maximum atomic E-state index is 9.28. The van der Waals surface area contributed by atoms with Gasteiger partial charge in [0.2, 0.25) is 0 Å². The fourth-order valence-corrected chi connectivity index (χ4v) is 1.77. The second kappa shape index (κ2) is 6.50. The quantitative estimate of drug-likeness (QED) is 0.625. The minimum atomic E-state index is -0.551. The highest BCUT2D eigenvalue weighted by molar-refractivity contribution is 14.1. The molecule has 0 saturated carbocycles. The molecule has 0 fully saturated rings.